The van der Waals surface area contributed by atoms with Crippen molar-refractivity contribution in [3.8, 4) is 5.69 Å². The Labute approximate surface area is 430 Å². The number of nitrogens with two attached hydrogens (primary N) is 2. The lowest BCUT2D eigenvalue weighted by Crippen LogP contribution is -2.36. The molecule has 4 heterocycles. The predicted molar refractivity (Wildman–Crippen MR) is 312 cm³/mol. The lowest BCUT2D eigenvalue weighted by atomic mass is 9.69. The van der Waals surface area contributed by atoms with Crippen molar-refractivity contribution in [2.24, 2.45) is 0 Å². The van der Waals surface area contributed by atoms with Gasteiger partial charge in [0.05, 0.1) is 45.5 Å². The van der Waals surface area contributed by atoms with E-state index in [0.717, 1.165) is 56.4 Å². The van der Waals surface area contributed by atoms with Gasteiger partial charge >= 0.3 is 0 Å². The molecule has 6 nitrogen and oxygen atoms in total. The quantitative estimate of drug-likeness (QED) is 0.105. The Hall–Kier alpha value is -9.00. The van der Waals surface area contributed by atoms with E-state index in [1.807, 2.05) is 0 Å². The Balaban J connectivity index is 0.851. The number of hydrogen-bond acceptors (Lipinski definition) is 4. The molecule has 3 aliphatic rings. The van der Waals surface area contributed by atoms with Gasteiger partial charge in [-0.2, -0.15) is 0 Å². The van der Waals surface area contributed by atoms with Crippen LogP contribution in [0.5, 0.6) is 0 Å². The Kier molecular flexibility index (Phi) is 8.80. The number of nitrogens with zero attached hydrogens (tertiary/aromatic N) is 4. The van der Waals surface area contributed by atoms with Crippen LogP contribution >= 0.6 is 0 Å². The largest absolute Gasteiger partial charge is 0.397 e. The van der Waals surface area contributed by atoms with E-state index in [2.05, 4.69) is 259 Å². The summed E-state index contributed by atoms with van der Waals surface area (Å²) < 4.78 is 4.97. The molecule has 1 atom stereocenters. The van der Waals surface area contributed by atoms with Gasteiger partial charge in [0.1, 0.15) is 0 Å². The van der Waals surface area contributed by atoms with Crippen LogP contribution in [0.15, 0.2) is 224 Å². The minimum absolute atomic E-state index is 0.148. The monoisotopic (exact) mass is 954 g/mol. The molecule has 0 saturated carbocycles. The molecule has 4 N–H and O–H groups in total. The van der Waals surface area contributed by atoms with Gasteiger partial charge in [-0.3, -0.25) is 0 Å². The molecule has 0 fully saturated rings. The first kappa shape index (κ1) is 42.7. The molecule has 15 rings (SSSR count). The third-order valence-corrected chi connectivity index (χ3v) is 17.2. The first-order valence-electron chi connectivity index (χ1n) is 25.9. The van der Waals surface area contributed by atoms with Crippen LogP contribution in [0.3, 0.4) is 0 Å². The van der Waals surface area contributed by atoms with E-state index in [1.165, 1.54) is 77.3 Å². The number of rotatable bonds is 4. The minimum Gasteiger partial charge on any atom is -0.397 e. The van der Waals surface area contributed by atoms with Gasteiger partial charge in [-0.15, -0.1) is 0 Å². The van der Waals surface area contributed by atoms with E-state index in [9.17, 15) is 0 Å². The number of benzene rings is 10. The maximum absolute atomic E-state index is 7.29. The highest BCUT2D eigenvalue weighted by atomic mass is 15.2. The van der Waals surface area contributed by atoms with Gasteiger partial charge in [-0.1, -0.05) is 155 Å². The zero-order chi connectivity index (χ0) is 49.8. The minimum atomic E-state index is -0.283. The number of hydrogen-bond donors (Lipinski definition) is 2. The molecular weight excluding hydrogens is 901 g/mol. The van der Waals surface area contributed by atoms with Crippen LogP contribution in [0.1, 0.15) is 56.8 Å². The van der Waals surface area contributed by atoms with Crippen LogP contribution in [0, 0.1) is 0 Å². The summed E-state index contributed by atoms with van der Waals surface area (Å²) in [5, 5.41) is 9.11. The van der Waals surface area contributed by atoms with Gasteiger partial charge in [0, 0.05) is 76.9 Å². The summed E-state index contributed by atoms with van der Waals surface area (Å²) in [6.45, 7) is 9.50. The number of anilines is 7. The maximum Gasteiger partial charge on any atom is 0.0634 e. The Morgan fingerprint density at radius 2 is 0.838 bits per heavy atom. The van der Waals surface area contributed by atoms with E-state index in [1.54, 1.807) is 0 Å². The first-order valence-corrected chi connectivity index (χ1v) is 25.9. The summed E-state index contributed by atoms with van der Waals surface area (Å²) in [6, 6.07) is 73.5. The van der Waals surface area contributed by atoms with E-state index in [4.69, 9.17) is 11.5 Å². The van der Waals surface area contributed by atoms with Crippen LogP contribution in [-0.4, -0.2) is 9.13 Å². The molecule has 0 spiro atoms. The van der Waals surface area contributed by atoms with Crippen molar-refractivity contribution < 1.29 is 0 Å². The summed E-state index contributed by atoms with van der Waals surface area (Å²) in [6.07, 6.45) is 5.67. The molecule has 6 heteroatoms. The zero-order valence-electron chi connectivity index (χ0n) is 41.9. The van der Waals surface area contributed by atoms with Crippen molar-refractivity contribution in [1.29, 1.82) is 0 Å². The van der Waals surface area contributed by atoms with Crippen molar-refractivity contribution >= 4 is 105 Å². The number of para-hydroxylation sites is 6. The smallest absolute Gasteiger partial charge is 0.0634 e. The van der Waals surface area contributed by atoms with Gasteiger partial charge in [0.15, 0.2) is 0 Å². The summed E-state index contributed by atoms with van der Waals surface area (Å²) >= 11 is 0. The molecule has 2 aromatic heterocycles. The summed E-state index contributed by atoms with van der Waals surface area (Å²) in [5.41, 5.74) is 33.3. The average molecular weight is 955 g/mol. The summed E-state index contributed by atoms with van der Waals surface area (Å²) in [7, 11) is 0. The van der Waals surface area contributed by atoms with Gasteiger partial charge in [-0.05, 0) is 124 Å². The second-order valence-corrected chi connectivity index (χ2v) is 21.7. The SMILES string of the molecule is CC1(C)C2=C(C=CC(n3c4ccccc4c4ccccc43)C2)N(c2ccc3c(c2)c(N)c(N)c2cc(N4c5ccccc5C(C)(C)c5cc(-n6c7ccccc7c7ccccc76)ccc54)ccc23)c2ccccc21. The lowest BCUT2D eigenvalue weighted by molar-refractivity contribution is 0.516. The van der Waals surface area contributed by atoms with Crippen molar-refractivity contribution in [2.45, 2.75) is 51.0 Å². The van der Waals surface area contributed by atoms with Crippen LogP contribution in [0.25, 0.3) is 70.8 Å². The normalized spacial score (nSPS) is 16.6. The summed E-state index contributed by atoms with van der Waals surface area (Å²) in [4.78, 5) is 4.87. The lowest BCUT2D eigenvalue weighted by Gasteiger charge is -2.45. The number of nitrogen functional groups attached to an aromatic ring is 2. The fraction of sp³-hybridized carbons (Fsp3) is 0.118. The second kappa shape index (κ2) is 15.3. The summed E-state index contributed by atoms with van der Waals surface area (Å²) in [5.74, 6) is 0. The number of aromatic nitrogens is 2. The van der Waals surface area contributed by atoms with E-state index in [-0.39, 0.29) is 16.9 Å². The molecule has 1 aliphatic carbocycles. The van der Waals surface area contributed by atoms with Crippen LogP contribution in [0.4, 0.5) is 39.8 Å². The molecule has 356 valence electrons. The molecular formula is C68H54N6. The zero-order valence-corrected chi connectivity index (χ0v) is 41.9. The second-order valence-electron chi connectivity index (χ2n) is 21.7. The standard InChI is InChI=1S/C68H54N6/c1-67(2)53-21-9-15-27-61(53)73(63-35-31-43(39-55(63)67)71-57-23-11-5-17-47(57)48-18-6-12-24-58(48)71)41-29-33-45-46-34-30-42(38-52(46)66(70)65(69)51(45)37-41)74-62-28-16-10-22-54(62)68(3,4)56-40-44(32-36-64(56)74)72-59-25-13-7-19-49(59)50-20-8-14-26-60(50)72/h5-39,44H,40,69-70H2,1-4H3. The van der Waals surface area contributed by atoms with E-state index < -0.39 is 0 Å². The van der Waals surface area contributed by atoms with Crippen molar-refractivity contribution in [3.63, 3.8) is 0 Å². The molecule has 0 saturated heterocycles. The van der Waals surface area contributed by atoms with Gasteiger partial charge in [-0.25, -0.2) is 0 Å². The Bertz CT molecular complexity index is 4360. The van der Waals surface area contributed by atoms with Gasteiger partial charge in [0.2, 0.25) is 0 Å². The van der Waals surface area contributed by atoms with Crippen LogP contribution in [-0.2, 0) is 10.8 Å². The van der Waals surface area contributed by atoms with E-state index in [0.29, 0.717) is 11.4 Å². The average Bonchev–Trinajstić information content (AvgIpc) is 3.97. The maximum atomic E-state index is 7.29. The Morgan fingerprint density at radius 3 is 1.42 bits per heavy atom. The van der Waals surface area contributed by atoms with E-state index >= 15 is 0 Å². The fourth-order valence-corrected chi connectivity index (χ4v) is 13.6. The Morgan fingerprint density at radius 1 is 0.392 bits per heavy atom. The van der Waals surface area contributed by atoms with Crippen LogP contribution in [0.2, 0.25) is 0 Å². The molecule has 74 heavy (non-hydrogen) atoms. The van der Waals surface area contributed by atoms with Crippen molar-refractivity contribution in [3.05, 3.63) is 240 Å². The highest BCUT2D eigenvalue weighted by molar-refractivity contribution is 6.20. The third kappa shape index (κ3) is 5.76. The molecule has 1 unspecified atom stereocenters. The number of allylic oxidation sites excluding steroid dienone is 3. The molecule has 0 amide bonds. The highest BCUT2D eigenvalue weighted by Gasteiger charge is 2.41. The van der Waals surface area contributed by atoms with Crippen molar-refractivity contribution in [2.75, 3.05) is 21.3 Å². The molecule has 10 aromatic carbocycles. The number of fused-ring (bicyclic) bond motifs is 12. The molecule has 0 radical (unpaired) electrons. The highest BCUT2D eigenvalue weighted by Crippen LogP contribution is 2.56. The first-order chi connectivity index (χ1) is 36.1. The predicted octanol–water partition coefficient (Wildman–Crippen LogP) is 17.4. The molecule has 0 bridgehead atoms. The fourth-order valence-electron chi connectivity index (χ4n) is 13.6. The third-order valence-electron chi connectivity index (χ3n) is 17.2. The molecule has 2 aliphatic heterocycles. The topological polar surface area (TPSA) is 68.4 Å². The van der Waals surface area contributed by atoms with Gasteiger partial charge < -0.3 is 30.4 Å². The van der Waals surface area contributed by atoms with Crippen molar-refractivity contribution in [1.82, 2.24) is 9.13 Å². The van der Waals surface area contributed by atoms with Crippen LogP contribution < -0.4 is 21.3 Å². The van der Waals surface area contributed by atoms with Gasteiger partial charge in [0.25, 0.3) is 0 Å². The molecule has 12 aromatic rings.